The summed E-state index contributed by atoms with van der Waals surface area (Å²) in [5.74, 6) is 0.914. The third-order valence-electron chi connectivity index (χ3n) is 4.80. The molecule has 2 N–H and O–H groups in total. The van der Waals surface area contributed by atoms with Gasteiger partial charge in [0.1, 0.15) is 17.4 Å². The SMILES string of the molecule is CC(C)Oc1ccc(C=NNc2nc(-c3ccccc3)c(C#N)c(=O)[nH]2)cc1Cn1cccn1. The van der Waals surface area contributed by atoms with Crippen LogP contribution in [0.15, 0.2) is 76.9 Å². The number of hydrazone groups is 1. The van der Waals surface area contributed by atoms with Crippen molar-refractivity contribution >= 4 is 12.2 Å². The van der Waals surface area contributed by atoms with Crippen LogP contribution in [-0.4, -0.2) is 32.1 Å². The minimum atomic E-state index is -0.536. The minimum Gasteiger partial charge on any atom is -0.491 e. The summed E-state index contributed by atoms with van der Waals surface area (Å²) in [7, 11) is 0. The summed E-state index contributed by atoms with van der Waals surface area (Å²) >= 11 is 0. The van der Waals surface area contributed by atoms with Crippen LogP contribution in [0.4, 0.5) is 5.95 Å². The van der Waals surface area contributed by atoms with Crippen molar-refractivity contribution in [2.24, 2.45) is 5.10 Å². The van der Waals surface area contributed by atoms with Gasteiger partial charge in [-0.05, 0) is 43.7 Å². The Balaban J connectivity index is 1.58. The van der Waals surface area contributed by atoms with E-state index >= 15 is 0 Å². The first-order valence-corrected chi connectivity index (χ1v) is 10.7. The Morgan fingerprint density at radius 2 is 2.06 bits per heavy atom. The minimum absolute atomic E-state index is 0.0376. The van der Waals surface area contributed by atoms with Crippen LogP contribution in [0.5, 0.6) is 5.75 Å². The van der Waals surface area contributed by atoms with Gasteiger partial charge in [0.25, 0.3) is 5.56 Å². The highest BCUT2D eigenvalue weighted by Gasteiger charge is 2.13. The average molecular weight is 454 g/mol. The zero-order valence-corrected chi connectivity index (χ0v) is 18.8. The number of ether oxygens (including phenoxy) is 1. The van der Waals surface area contributed by atoms with Crippen molar-refractivity contribution in [3.8, 4) is 23.1 Å². The number of aromatic nitrogens is 4. The highest BCUT2D eigenvalue weighted by Crippen LogP contribution is 2.22. The second-order valence-corrected chi connectivity index (χ2v) is 7.72. The standard InChI is InChI=1S/C25H23N7O2/c1-17(2)34-22-10-9-18(13-20(22)16-32-12-6-11-28-32)15-27-31-25-29-23(19-7-4-3-5-8-19)21(14-26)24(33)30-25/h3-13,15,17H,16H2,1-2H3,(H2,29,30,31,33). The number of H-pyrrole nitrogens is 1. The van der Waals surface area contributed by atoms with Crippen LogP contribution < -0.4 is 15.7 Å². The van der Waals surface area contributed by atoms with Gasteiger partial charge in [0.05, 0.1) is 24.6 Å². The van der Waals surface area contributed by atoms with E-state index in [4.69, 9.17) is 4.74 Å². The number of rotatable bonds is 8. The van der Waals surface area contributed by atoms with Crippen molar-refractivity contribution in [1.82, 2.24) is 19.7 Å². The monoisotopic (exact) mass is 453 g/mol. The summed E-state index contributed by atoms with van der Waals surface area (Å²) < 4.78 is 7.75. The van der Waals surface area contributed by atoms with Crippen molar-refractivity contribution in [3.63, 3.8) is 0 Å². The molecule has 0 fully saturated rings. The maximum atomic E-state index is 12.4. The molecule has 2 aromatic heterocycles. The highest BCUT2D eigenvalue weighted by molar-refractivity contribution is 5.81. The van der Waals surface area contributed by atoms with E-state index in [9.17, 15) is 10.1 Å². The van der Waals surface area contributed by atoms with E-state index in [0.717, 1.165) is 16.9 Å². The van der Waals surface area contributed by atoms with Gasteiger partial charge >= 0.3 is 0 Å². The van der Waals surface area contributed by atoms with Crippen molar-refractivity contribution < 1.29 is 4.74 Å². The molecule has 0 aliphatic heterocycles. The molecule has 0 bridgehead atoms. The predicted molar refractivity (Wildman–Crippen MR) is 130 cm³/mol. The van der Waals surface area contributed by atoms with E-state index in [-0.39, 0.29) is 17.6 Å². The fourth-order valence-corrected chi connectivity index (χ4v) is 3.34. The first-order valence-electron chi connectivity index (χ1n) is 10.7. The summed E-state index contributed by atoms with van der Waals surface area (Å²) in [6.07, 6.45) is 5.27. The fraction of sp³-hybridized carbons (Fsp3) is 0.160. The van der Waals surface area contributed by atoms with E-state index in [1.54, 1.807) is 24.5 Å². The fourth-order valence-electron chi connectivity index (χ4n) is 3.34. The lowest BCUT2D eigenvalue weighted by Crippen LogP contribution is -2.16. The Hall–Kier alpha value is -4.71. The smallest absolute Gasteiger partial charge is 0.270 e. The zero-order chi connectivity index (χ0) is 23.9. The molecule has 0 saturated carbocycles. The number of aromatic amines is 1. The molecular weight excluding hydrogens is 430 g/mol. The molecule has 170 valence electrons. The quantitative estimate of drug-likeness (QED) is 0.309. The van der Waals surface area contributed by atoms with Crippen LogP contribution in [0, 0.1) is 11.3 Å². The molecule has 4 rings (SSSR count). The largest absolute Gasteiger partial charge is 0.491 e. The number of anilines is 1. The second kappa shape index (κ2) is 10.3. The summed E-state index contributed by atoms with van der Waals surface area (Å²) in [5, 5.41) is 17.9. The van der Waals surface area contributed by atoms with Gasteiger partial charge in [-0.1, -0.05) is 30.3 Å². The molecule has 0 unspecified atom stereocenters. The van der Waals surface area contributed by atoms with Gasteiger partial charge in [-0.3, -0.25) is 14.5 Å². The summed E-state index contributed by atoms with van der Waals surface area (Å²) in [6.45, 7) is 4.51. The summed E-state index contributed by atoms with van der Waals surface area (Å²) in [5.41, 5.74) is 4.91. The molecule has 9 nitrogen and oxygen atoms in total. The van der Waals surface area contributed by atoms with Gasteiger partial charge < -0.3 is 4.74 Å². The normalized spacial score (nSPS) is 11.0. The zero-order valence-electron chi connectivity index (χ0n) is 18.8. The van der Waals surface area contributed by atoms with Gasteiger partial charge in [0.2, 0.25) is 5.95 Å². The van der Waals surface area contributed by atoms with Crippen molar-refractivity contribution in [3.05, 3.63) is 94.0 Å². The molecule has 4 aromatic rings. The van der Waals surface area contributed by atoms with E-state index in [1.165, 1.54) is 0 Å². The van der Waals surface area contributed by atoms with E-state index in [2.05, 4.69) is 25.6 Å². The molecule has 0 saturated heterocycles. The van der Waals surface area contributed by atoms with Crippen LogP contribution >= 0.6 is 0 Å². The van der Waals surface area contributed by atoms with Gasteiger partial charge in [-0.25, -0.2) is 10.4 Å². The first kappa shape index (κ1) is 22.5. The van der Waals surface area contributed by atoms with Crippen LogP contribution in [-0.2, 0) is 6.54 Å². The Morgan fingerprint density at radius 1 is 1.24 bits per heavy atom. The molecule has 2 heterocycles. The lowest BCUT2D eigenvalue weighted by Gasteiger charge is -2.15. The van der Waals surface area contributed by atoms with Gasteiger partial charge in [-0.15, -0.1) is 0 Å². The number of hydrogen-bond donors (Lipinski definition) is 2. The number of hydrogen-bond acceptors (Lipinski definition) is 7. The van der Waals surface area contributed by atoms with Crippen LogP contribution in [0.1, 0.15) is 30.5 Å². The summed E-state index contributed by atoms with van der Waals surface area (Å²) in [4.78, 5) is 19.3. The number of benzene rings is 2. The first-order chi connectivity index (χ1) is 16.5. The molecule has 34 heavy (non-hydrogen) atoms. The average Bonchev–Trinajstić information content (AvgIpc) is 3.34. The molecule has 2 aromatic carbocycles. The molecule has 9 heteroatoms. The third-order valence-corrected chi connectivity index (χ3v) is 4.80. The maximum Gasteiger partial charge on any atom is 0.270 e. The molecule has 0 aliphatic rings. The van der Waals surface area contributed by atoms with E-state index in [1.807, 2.05) is 73.3 Å². The molecule has 0 atom stereocenters. The molecular formula is C25H23N7O2. The molecule has 0 amide bonds. The maximum absolute atomic E-state index is 12.4. The lowest BCUT2D eigenvalue weighted by atomic mass is 10.1. The molecule has 0 radical (unpaired) electrons. The number of nitrogens with one attached hydrogen (secondary N) is 2. The van der Waals surface area contributed by atoms with Gasteiger partial charge in [0, 0.05) is 23.5 Å². The van der Waals surface area contributed by atoms with Gasteiger partial charge in [-0.2, -0.15) is 15.5 Å². The van der Waals surface area contributed by atoms with Crippen LogP contribution in [0.25, 0.3) is 11.3 Å². The third kappa shape index (κ3) is 5.37. The van der Waals surface area contributed by atoms with Crippen molar-refractivity contribution in [2.45, 2.75) is 26.5 Å². The number of nitrogens with zero attached hydrogens (tertiary/aromatic N) is 5. The lowest BCUT2D eigenvalue weighted by molar-refractivity contribution is 0.239. The highest BCUT2D eigenvalue weighted by atomic mass is 16.5. The van der Waals surface area contributed by atoms with Crippen LogP contribution in [0.2, 0.25) is 0 Å². The van der Waals surface area contributed by atoms with E-state index < -0.39 is 5.56 Å². The van der Waals surface area contributed by atoms with E-state index in [0.29, 0.717) is 17.8 Å². The Kier molecular flexibility index (Phi) is 6.79. The Labute approximate surface area is 196 Å². The van der Waals surface area contributed by atoms with Crippen LogP contribution in [0.3, 0.4) is 0 Å². The summed E-state index contributed by atoms with van der Waals surface area (Å²) in [6, 6.07) is 18.6. The van der Waals surface area contributed by atoms with Gasteiger partial charge in [0.15, 0.2) is 0 Å². The molecule has 0 spiro atoms. The topological polar surface area (TPSA) is 121 Å². The van der Waals surface area contributed by atoms with Crippen molar-refractivity contribution in [2.75, 3.05) is 5.43 Å². The Morgan fingerprint density at radius 3 is 2.76 bits per heavy atom. The second-order valence-electron chi connectivity index (χ2n) is 7.72. The Bertz CT molecular complexity index is 1390. The van der Waals surface area contributed by atoms with Crippen molar-refractivity contribution in [1.29, 1.82) is 5.26 Å². The molecule has 0 aliphatic carbocycles. The number of nitriles is 1. The predicted octanol–water partition coefficient (Wildman–Crippen LogP) is 3.79.